The second kappa shape index (κ2) is 39.6. The summed E-state index contributed by atoms with van der Waals surface area (Å²) in [4.78, 5) is 23.0. The lowest BCUT2D eigenvalue weighted by Gasteiger charge is -2.25. The van der Waals surface area contributed by atoms with E-state index in [0.717, 1.165) is 103 Å². The molecule has 9 heteroatoms. The molecule has 3 unspecified atom stereocenters. The van der Waals surface area contributed by atoms with Gasteiger partial charge in [-0.3, -0.25) is 13.8 Å². The van der Waals surface area contributed by atoms with Crippen LogP contribution in [-0.2, 0) is 18.4 Å². The van der Waals surface area contributed by atoms with Gasteiger partial charge in [0, 0.05) is 6.42 Å². The SMILES string of the molecule is CC/C=C\C/C=C\C/C=C\C/C=C\C/C=C\C/C=C\C/C=C\CCCCCCCCCC(=O)NC(COP(=O)(O)OCC[N+](C)(C)C)C(O)/C=C/CC/C=C/CCC. The van der Waals surface area contributed by atoms with E-state index in [-0.39, 0.29) is 19.1 Å². The number of likely N-dealkylation sites (N-methyl/N-ethyl adjacent to an activating group) is 1. The minimum atomic E-state index is -4.35. The van der Waals surface area contributed by atoms with E-state index in [4.69, 9.17) is 9.05 Å². The molecule has 0 saturated carbocycles. The summed E-state index contributed by atoms with van der Waals surface area (Å²) in [7, 11) is 1.52. The van der Waals surface area contributed by atoms with Crippen LogP contribution in [-0.4, -0.2) is 73.4 Å². The highest BCUT2D eigenvalue weighted by Crippen LogP contribution is 2.43. The molecular weight excluding hydrogens is 744 g/mol. The van der Waals surface area contributed by atoms with Crippen LogP contribution in [0.4, 0.5) is 0 Å². The van der Waals surface area contributed by atoms with Gasteiger partial charge in [0.1, 0.15) is 13.2 Å². The Morgan fingerprint density at radius 1 is 0.603 bits per heavy atom. The monoisotopic (exact) mass is 828 g/mol. The Bertz CT molecular complexity index is 1300. The van der Waals surface area contributed by atoms with Gasteiger partial charge in [0.25, 0.3) is 0 Å². The fourth-order valence-corrected chi connectivity index (χ4v) is 6.19. The standard InChI is InChI=1S/C49H83N2O6P/c1-6-8-10-12-14-15-16-17-18-19-20-21-22-23-24-25-26-27-28-29-30-31-32-33-34-35-37-39-41-43-49(53)50-47(48(52)42-40-38-36-13-11-9-7-2)46-57-58(54,55)56-45-44-51(3,4)5/h8,10-11,13-15,17-18,20-21,23-24,26-27,29-30,40,42,47-48,52H,6-7,9,12,16,19,22,25,28,31-39,41,43-46H2,1-5H3,(H-,50,53,54,55)/p+1/b10-8-,13-11+,15-14-,18-17-,21-20-,24-23-,27-26-,30-29-,42-40+. The second-order valence-corrected chi connectivity index (χ2v) is 17.1. The highest BCUT2D eigenvalue weighted by Gasteiger charge is 2.27. The van der Waals surface area contributed by atoms with E-state index >= 15 is 0 Å². The highest BCUT2D eigenvalue weighted by molar-refractivity contribution is 7.47. The minimum absolute atomic E-state index is 0.0467. The van der Waals surface area contributed by atoms with Gasteiger partial charge in [-0.2, -0.15) is 0 Å². The lowest BCUT2D eigenvalue weighted by atomic mass is 10.1. The van der Waals surface area contributed by atoms with E-state index in [1.807, 2.05) is 27.2 Å². The smallest absolute Gasteiger partial charge is 0.387 e. The molecule has 0 radical (unpaired) electrons. The number of rotatable bonds is 38. The average molecular weight is 828 g/mol. The number of phosphoric ester groups is 1. The summed E-state index contributed by atoms with van der Waals surface area (Å²) >= 11 is 0. The summed E-state index contributed by atoms with van der Waals surface area (Å²) in [6.07, 6.45) is 57.7. The summed E-state index contributed by atoms with van der Waals surface area (Å²) in [5.41, 5.74) is 0. The van der Waals surface area contributed by atoms with Crippen molar-refractivity contribution in [2.45, 2.75) is 154 Å². The molecule has 0 aromatic heterocycles. The van der Waals surface area contributed by atoms with Gasteiger partial charge >= 0.3 is 7.82 Å². The molecule has 0 rings (SSSR count). The summed E-state index contributed by atoms with van der Waals surface area (Å²) < 4.78 is 23.4. The molecule has 0 aromatic rings. The van der Waals surface area contributed by atoms with E-state index in [1.165, 1.54) is 19.3 Å². The number of aliphatic hydroxyl groups is 1. The third kappa shape index (κ3) is 41.3. The second-order valence-electron chi connectivity index (χ2n) is 15.7. The van der Waals surface area contributed by atoms with Crippen LogP contribution in [0.2, 0.25) is 0 Å². The number of hydrogen-bond acceptors (Lipinski definition) is 5. The molecule has 3 atom stereocenters. The van der Waals surface area contributed by atoms with Crippen LogP contribution in [0.5, 0.6) is 0 Å². The van der Waals surface area contributed by atoms with Crippen LogP contribution in [0, 0.1) is 0 Å². The van der Waals surface area contributed by atoms with Crippen LogP contribution < -0.4 is 5.32 Å². The first-order valence-electron chi connectivity index (χ1n) is 22.3. The summed E-state index contributed by atoms with van der Waals surface area (Å²) in [5, 5.41) is 13.7. The van der Waals surface area contributed by atoms with E-state index in [9.17, 15) is 19.4 Å². The molecule has 58 heavy (non-hydrogen) atoms. The van der Waals surface area contributed by atoms with Gasteiger partial charge < -0.3 is 19.8 Å². The van der Waals surface area contributed by atoms with E-state index in [1.54, 1.807) is 6.08 Å². The van der Waals surface area contributed by atoms with Gasteiger partial charge in [0.15, 0.2) is 0 Å². The van der Waals surface area contributed by atoms with Crippen molar-refractivity contribution in [3.8, 4) is 0 Å². The molecule has 0 aliphatic heterocycles. The Kier molecular flexibility index (Phi) is 37.7. The fraction of sp³-hybridized carbons (Fsp3) is 0.612. The maximum atomic E-state index is 12.8. The number of aliphatic hydroxyl groups excluding tert-OH is 1. The first-order chi connectivity index (χ1) is 28.0. The fourth-order valence-electron chi connectivity index (χ4n) is 5.45. The number of hydrogen-bond donors (Lipinski definition) is 3. The van der Waals surface area contributed by atoms with E-state index in [2.05, 4.69) is 116 Å². The van der Waals surface area contributed by atoms with Crippen molar-refractivity contribution in [3.05, 3.63) is 109 Å². The van der Waals surface area contributed by atoms with Crippen molar-refractivity contribution in [2.75, 3.05) is 40.9 Å². The Hall–Kier alpha value is -2.84. The molecule has 1 amide bonds. The quantitative estimate of drug-likeness (QED) is 0.0248. The van der Waals surface area contributed by atoms with Crippen LogP contribution in [0.15, 0.2) is 109 Å². The van der Waals surface area contributed by atoms with Gasteiger partial charge in [0.2, 0.25) is 5.91 Å². The number of nitrogens with one attached hydrogen (secondary N) is 1. The summed E-state index contributed by atoms with van der Waals surface area (Å²) in [5.74, 6) is -0.210. The average Bonchev–Trinajstić information content (AvgIpc) is 3.17. The molecular formula is C49H84N2O6P+. The van der Waals surface area contributed by atoms with Gasteiger partial charge in [0.05, 0.1) is 39.9 Å². The number of phosphoric acid groups is 1. The van der Waals surface area contributed by atoms with Gasteiger partial charge in [-0.15, -0.1) is 0 Å². The third-order valence-electron chi connectivity index (χ3n) is 8.96. The Balaban J connectivity index is 4.19. The van der Waals surface area contributed by atoms with Gasteiger partial charge in [-0.05, 0) is 83.5 Å². The van der Waals surface area contributed by atoms with Crippen LogP contribution in [0.1, 0.15) is 142 Å². The molecule has 330 valence electrons. The van der Waals surface area contributed by atoms with Gasteiger partial charge in [-0.25, -0.2) is 4.57 Å². The van der Waals surface area contributed by atoms with Crippen molar-refractivity contribution in [1.29, 1.82) is 0 Å². The molecule has 0 aliphatic rings. The number of nitrogens with zero attached hydrogens (tertiary/aromatic N) is 1. The summed E-state index contributed by atoms with van der Waals surface area (Å²) in [6.45, 7) is 4.52. The predicted octanol–water partition coefficient (Wildman–Crippen LogP) is 12.5. The topological polar surface area (TPSA) is 105 Å². The number of allylic oxidation sites excluding steroid dienone is 17. The molecule has 3 N–H and O–H groups in total. The first kappa shape index (κ1) is 55.2. The van der Waals surface area contributed by atoms with Crippen molar-refractivity contribution in [2.24, 2.45) is 0 Å². The number of amides is 1. The minimum Gasteiger partial charge on any atom is -0.387 e. The number of carbonyl (C=O) groups excluding carboxylic acids is 1. The predicted molar refractivity (Wildman–Crippen MR) is 249 cm³/mol. The van der Waals surface area contributed by atoms with E-state index in [0.29, 0.717) is 17.4 Å². The number of carbonyl (C=O) groups is 1. The largest absolute Gasteiger partial charge is 0.472 e. The van der Waals surface area contributed by atoms with Crippen molar-refractivity contribution >= 4 is 13.7 Å². The summed E-state index contributed by atoms with van der Waals surface area (Å²) in [6, 6.07) is -0.874. The van der Waals surface area contributed by atoms with Crippen molar-refractivity contribution in [1.82, 2.24) is 5.32 Å². The van der Waals surface area contributed by atoms with Gasteiger partial charge in [-0.1, -0.05) is 162 Å². The maximum Gasteiger partial charge on any atom is 0.472 e. The zero-order chi connectivity index (χ0) is 42.8. The first-order valence-corrected chi connectivity index (χ1v) is 23.8. The van der Waals surface area contributed by atoms with E-state index < -0.39 is 20.0 Å². The highest BCUT2D eigenvalue weighted by atomic mass is 31.2. The van der Waals surface area contributed by atoms with Crippen LogP contribution in [0.25, 0.3) is 0 Å². The molecule has 0 saturated heterocycles. The molecule has 0 aliphatic carbocycles. The molecule has 0 fully saturated rings. The van der Waals surface area contributed by atoms with Crippen molar-refractivity contribution in [3.63, 3.8) is 0 Å². The number of unbranched alkanes of at least 4 members (excludes halogenated alkanes) is 9. The third-order valence-corrected chi connectivity index (χ3v) is 9.94. The molecule has 0 aromatic carbocycles. The molecule has 8 nitrogen and oxygen atoms in total. The Morgan fingerprint density at radius 3 is 1.57 bits per heavy atom. The Morgan fingerprint density at radius 2 is 1.05 bits per heavy atom. The zero-order valence-corrected chi connectivity index (χ0v) is 38.1. The lowest BCUT2D eigenvalue weighted by molar-refractivity contribution is -0.870. The molecule has 0 heterocycles. The normalized spacial score (nSPS) is 15.4. The lowest BCUT2D eigenvalue weighted by Crippen LogP contribution is -2.45. The molecule has 0 spiro atoms. The van der Waals surface area contributed by atoms with Crippen molar-refractivity contribution < 1.29 is 32.9 Å². The maximum absolute atomic E-state index is 12.8. The van der Waals surface area contributed by atoms with Crippen LogP contribution in [0.3, 0.4) is 0 Å². The Labute approximate surface area is 355 Å². The zero-order valence-electron chi connectivity index (χ0n) is 37.2. The van der Waals surface area contributed by atoms with Crippen LogP contribution >= 0.6 is 7.82 Å². The number of quaternary nitrogens is 1. The molecule has 0 bridgehead atoms.